The van der Waals surface area contributed by atoms with Crippen LogP contribution in [0.3, 0.4) is 0 Å². The molecule has 0 saturated heterocycles. The fourth-order valence-electron chi connectivity index (χ4n) is 2.25. The lowest BCUT2D eigenvalue weighted by Gasteiger charge is -2.28. The fraction of sp³-hybridized carbons (Fsp3) is 0.500. The molecule has 5 nitrogen and oxygen atoms in total. The van der Waals surface area contributed by atoms with E-state index in [1.807, 2.05) is 0 Å². The summed E-state index contributed by atoms with van der Waals surface area (Å²) < 4.78 is 39.8. The molecule has 7 heteroatoms. The van der Waals surface area contributed by atoms with Crippen molar-refractivity contribution in [3.05, 3.63) is 24.0 Å². The smallest absolute Gasteiger partial charge is 0.243 e. The van der Waals surface area contributed by atoms with Crippen LogP contribution in [-0.4, -0.2) is 25.7 Å². The molecule has 19 heavy (non-hydrogen) atoms. The summed E-state index contributed by atoms with van der Waals surface area (Å²) in [7, 11) is -3.92. The van der Waals surface area contributed by atoms with E-state index in [0.29, 0.717) is 12.8 Å². The van der Waals surface area contributed by atoms with Crippen LogP contribution in [0.5, 0.6) is 0 Å². The minimum absolute atomic E-state index is 0.0146. The molecule has 0 aromatic heterocycles. The van der Waals surface area contributed by atoms with E-state index in [1.54, 1.807) is 0 Å². The molecule has 0 aliphatic heterocycles. The van der Waals surface area contributed by atoms with Crippen molar-refractivity contribution in [2.45, 2.75) is 42.7 Å². The molecule has 1 saturated carbocycles. The Morgan fingerprint density at radius 1 is 1.32 bits per heavy atom. The zero-order valence-corrected chi connectivity index (χ0v) is 11.2. The second-order valence-corrected chi connectivity index (χ2v) is 6.44. The first-order chi connectivity index (χ1) is 8.90. The predicted molar refractivity (Wildman–Crippen MR) is 69.4 cm³/mol. The van der Waals surface area contributed by atoms with Gasteiger partial charge in [0.15, 0.2) is 0 Å². The number of sulfonamides is 1. The van der Waals surface area contributed by atoms with E-state index < -0.39 is 28.0 Å². The molecule has 1 fully saturated rings. The largest absolute Gasteiger partial charge is 0.398 e. The minimum atomic E-state index is -3.92. The summed E-state index contributed by atoms with van der Waals surface area (Å²) in [5.41, 5.74) is 5.55. The maximum Gasteiger partial charge on any atom is 0.243 e. The van der Waals surface area contributed by atoms with Gasteiger partial charge in [0, 0.05) is 6.04 Å². The number of benzene rings is 1. The van der Waals surface area contributed by atoms with Gasteiger partial charge in [-0.2, -0.15) is 0 Å². The van der Waals surface area contributed by atoms with E-state index >= 15 is 0 Å². The molecule has 2 rings (SSSR count). The van der Waals surface area contributed by atoms with E-state index in [4.69, 9.17) is 5.73 Å². The van der Waals surface area contributed by atoms with Gasteiger partial charge in [0.05, 0.1) is 11.8 Å². The highest BCUT2D eigenvalue weighted by atomic mass is 32.2. The summed E-state index contributed by atoms with van der Waals surface area (Å²) in [6, 6.07) is 2.65. The Bertz CT molecular complexity index is 562. The summed E-state index contributed by atoms with van der Waals surface area (Å²) in [6.07, 6.45) is 2.14. The van der Waals surface area contributed by atoms with E-state index in [2.05, 4.69) is 4.72 Å². The molecular weight excluding hydrogens is 271 g/mol. The molecule has 1 aliphatic carbocycles. The highest BCUT2D eigenvalue weighted by molar-refractivity contribution is 7.89. The van der Waals surface area contributed by atoms with Crippen LogP contribution in [0.4, 0.5) is 10.1 Å². The SMILES string of the molecule is Nc1ccc(F)cc1S(=O)(=O)N[C@@H]1CCCC[C@H]1O. The van der Waals surface area contributed by atoms with Gasteiger partial charge in [0.1, 0.15) is 10.7 Å². The molecule has 0 spiro atoms. The van der Waals surface area contributed by atoms with E-state index in [1.165, 1.54) is 6.07 Å². The van der Waals surface area contributed by atoms with Crippen molar-refractivity contribution in [2.75, 3.05) is 5.73 Å². The molecule has 0 radical (unpaired) electrons. The van der Waals surface area contributed by atoms with Gasteiger partial charge in [-0.3, -0.25) is 0 Å². The zero-order valence-electron chi connectivity index (χ0n) is 10.3. The van der Waals surface area contributed by atoms with Crippen LogP contribution in [0.25, 0.3) is 0 Å². The number of hydrogen-bond donors (Lipinski definition) is 3. The third-order valence-electron chi connectivity index (χ3n) is 3.30. The van der Waals surface area contributed by atoms with Crippen LogP contribution in [0, 0.1) is 5.82 Å². The molecule has 0 amide bonds. The number of anilines is 1. The average Bonchev–Trinajstić information content (AvgIpc) is 2.35. The number of nitrogens with two attached hydrogens (primary N) is 1. The summed E-state index contributed by atoms with van der Waals surface area (Å²) in [5, 5.41) is 9.77. The monoisotopic (exact) mass is 288 g/mol. The fourth-order valence-corrected chi connectivity index (χ4v) is 3.70. The van der Waals surface area contributed by atoms with Crippen LogP contribution < -0.4 is 10.5 Å². The lowest BCUT2D eigenvalue weighted by molar-refractivity contribution is 0.101. The molecular formula is C12H17FN2O3S. The Labute approximate surface area is 111 Å². The van der Waals surface area contributed by atoms with E-state index in [0.717, 1.165) is 25.0 Å². The number of rotatable bonds is 3. The van der Waals surface area contributed by atoms with E-state index in [-0.39, 0.29) is 10.6 Å². The van der Waals surface area contributed by atoms with Crippen molar-refractivity contribution in [1.82, 2.24) is 4.72 Å². The van der Waals surface area contributed by atoms with Crippen LogP contribution in [0.2, 0.25) is 0 Å². The Morgan fingerprint density at radius 2 is 2.00 bits per heavy atom. The highest BCUT2D eigenvalue weighted by Gasteiger charge is 2.29. The molecule has 1 aliphatic rings. The molecule has 2 atom stereocenters. The topological polar surface area (TPSA) is 92.4 Å². The first kappa shape index (κ1) is 14.2. The molecule has 106 valence electrons. The lowest BCUT2D eigenvalue weighted by Crippen LogP contribution is -2.45. The average molecular weight is 288 g/mol. The van der Waals surface area contributed by atoms with Crippen molar-refractivity contribution in [3.63, 3.8) is 0 Å². The molecule has 0 unspecified atom stereocenters. The molecule has 1 aromatic carbocycles. The predicted octanol–water partition coefficient (Wildman–Crippen LogP) is 0.990. The quantitative estimate of drug-likeness (QED) is 0.723. The molecule has 1 aromatic rings. The Hall–Kier alpha value is -1.18. The second-order valence-electron chi connectivity index (χ2n) is 4.76. The zero-order chi connectivity index (χ0) is 14.0. The van der Waals surface area contributed by atoms with E-state index in [9.17, 15) is 17.9 Å². The maximum absolute atomic E-state index is 13.1. The lowest BCUT2D eigenvalue weighted by atomic mass is 9.93. The first-order valence-corrected chi connectivity index (χ1v) is 7.64. The number of aliphatic hydroxyl groups is 1. The third-order valence-corrected chi connectivity index (χ3v) is 4.85. The Kier molecular flexibility index (Phi) is 4.07. The minimum Gasteiger partial charge on any atom is -0.398 e. The van der Waals surface area contributed by atoms with Crippen LogP contribution in [0.15, 0.2) is 23.1 Å². The van der Waals surface area contributed by atoms with Crippen LogP contribution >= 0.6 is 0 Å². The summed E-state index contributed by atoms with van der Waals surface area (Å²) in [5.74, 6) is -0.668. The number of nitrogens with one attached hydrogen (secondary N) is 1. The van der Waals surface area contributed by atoms with Crippen molar-refractivity contribution < 1.29 is 17.9 Å². The second kappa shape index (κ2) is 5.44. The first-order valence-electron chi connectivity index (χ1n) is 6.15. The Morgan fingerprint density at radius 3 is 2.68 bits per heavy atom. The number of nitrogen functional groups attached to an aromatic ring is 1. The third kappa shape index (κ3) is 3.23. The number of halogens is 1. The molecule has 0 heterocycles. The number of aliphatic hydroxyl groups excluding tert-OH is 1. The summed E-state index contributed by atoms with van der Waals surface area (Å²) in [4.78, 5) is -0.287. The van der Waals surface area contributed by atoms with Gasteiger partial charge in [-0.05, 0) is 31.0 Å². The number of hydrogen-bond acceptors (Lipinski definition) is 4. The summed E-state index contributed by atoms with van der Waals surface area (Å²) >= 11 is 0. The standard InChI is InChI=1S/C12H17FN2O3S/c13-8-5-6-9(14)12(7-8)19(17,18)15-10-3-1-2-4-11(10)16/h5-7,10-11,15-16H,1-4,14H2/t10-,11-/m1/s1. The van der Waals surface area contributed by atoms with Crippen molar-refractivity contribution in [3.8, 4) is 0 Å². The Balaban J connectivity index is 2.24. The van der Waals surface area contributed by atoms with Crippen molar-refractivity contribution in [2.24, 2.45) is 0 Å². The summed E-state index contributed by atoms with van der Waals surface area (Å²) in [6.45, 7) is 0. The maximum atomic E-state index is 13.1. The highest BCUT2D eigenvalue weighted by Crippen LogP contribution is 2.23. The normalized spacial score (nSPS) is 24.3. The van der Waals surface area contributed by atoms with Gasteiger partial charge in [-0.15, -0.1) is 0 Å². The van der Waals surface area contributed by atoms with Gasteiger partial charge >= 0.3 is 0 Å². The molecule has 0 bridgehead atoms. The van der Waals surface area contributed by atoms with Gasteiger partial charge in [-0.1, -0.05) is 12.8 Å². The van der Waals surface area contributed by atoms with Crippen molar-refractivity contribution >= 4 is 15.7 Å². The van der Waals surface area contributed by atoms with Crippen molar-refractivity contribution in [1.29, 1.82) is 0 Å². The van der Waals surface area contributed by atoms with Gasteiger partial charge in [0.2, 0.25) is 10.0 Å². The van der Waals surface area contributed by atoms with Gasteiger partial charge in [-0.25, -0.2) is 17.5 Å². The van der Waals surface area contributed by atoms with Gasteiger partial charge < -0.3 is 10.8 Å². The van der Waals surface area contributed by atoms with Gasteiger partial charge in [0.25, 0.3) is 0 Å². The van der Waals surface area contributed by atoms with Crippen LogP contribution in [-0.2, 0) is 10.0 Å². The van der Waals surface area contributed by atoms with Crippen LogP contribution in [0.1, 0.15) is 25.7 Å². The molecule has 4 N–H and O–H groups in total.